The maximum absolute atomic E-state index is 13.1. The predicted molar refractivity (Wildman–Crippen MR) is 116 cm³/mol. The number of carbonyl (C=O) groups is 2. The summed E-state index contributed by atoms with van der Waals surface area (Å²) in [5.41, 5.74) is 0.748. The van der Waals surface area contributed by atoms with Crippen molar-refractivity contribution in [2.24, 2.45) is 0 Å². The highest BCUT2D eigenvalue weighted by Crippen LogP contribution is 2.36. The van der Waals surface area contributed by atoms with E-state index in [-0.39, 0.29) is 42.8 Å². The Morgan fingerprint density at radius 3 is 2.58 bits per heavy atom. The number of hydrogen-bond donors (Lipinski definition) is 1. The molecule has 2 amide bonds. The van der Waals surface area contributed by atoms with Crippen LogP contribution in [0, 0.1) is 5.82 Å². The third kappa shape index (κ3) is 4.76. The number of halogens is 1. The molecule has 0 unspecified atom stereocenters. The van der Waals surface area contributed by atoms with Crippen molar-refractivity contribution in [2.75, 3.05) is 31.5 Å². The molecule has 2 aliphatic rings. The Bertz CT molecular complexity index is 1090. The number of thioether (sulfide) groups is 1. The average molecular weight is 464 g/mol. The topological polar surface area (TPSA) is 86.8 Å². The molecule has 164 valence electrons. The molecule has 0 spiro atoms. The highest BCUT2D eigenvalue weighted by molar-refractivity contribution is 8.01. The monoisotopic (exact) mass is 463 g/mol. The second-order valence-corrected chi connectivity index (χ2v) is 10.6. The first kappa shape index (κ1) is 21.8. The molecule has 1 fully saturated rings. The lowest BCUT2D eigenvalue weighted by Crippen LogP contribution is -2.40. The zero-order chi connectivity index (χ0) is 22.0. The van der Waals surface area contributed by atoms with Crippen molar-refractivity contribution in [1.29, 1.82) is 0 Å². The lowest BCUT2D eigenvalue weighted by Gasteiger charge is -2.26. The molecule has 0 aliphatic carbocycles. The fourth-order valence-electron chi connectivity index (χ4n) is 3.65. The summed E-state index contributed by atoms with van der Waals surface area (Å²) < 4.78 is 40.2. The molecule has 31 heavy (non-hydrogen) atoms. The molecule has 4 rings (SSSR count). The van der Waals surface area contributed by atoms with Crippen LogP contribution in [-0.2, 0) is 19.6 Å². The summed E-state index contributed by atoms with van der Waals surface area (Å²) in [5, 5.41) is 2.31. The lowest BCUT2D eigenvalue weighted by atomic mass is 10.2. The molecule has 2 aromatic carbocycles. The van der Waals surface area contributed by atoms with Gasteiger partial charge in [0, 0.05) is 37.5 Å². The maximum atomic E-state index is 13.1. The van der Waals surface area contributed by atoms with Gasteiger partial charge in [-0.3, -0.25) is 9.59 Å². The molecule has 10 heteroatoms. The van der Waals surface area contributed by atoms with Crippen molar-refractivity contribution in [2.45, 2.75) is 27.9 Å². The zero-order valence-electron chi connectivity index (χ0n) is 16.7. The van der Waals surface area contributed by atoms with Gasteiger partial charge in [0.15, 0.2) is 0 Å². The predicted octanol–water partition coefficient (Wildman–Crippen LogP) is 2.55. The minimum atomic E-state index is -3.76. The van der Waals surface area contributed by atoms with E-state index in [4.69, 9.17) is 0 Å². The number of para-hydroxylation sites is 1. The number of hydrogen-bond acceptors (Lipinski definition) is 5. The third-order valence-corrected chi connectivity index (χ3v) is 8.51. The smallest absolute Gasteiger partial charge is 0.243 e. The second kappa shape index (κ2) is 8.97. The number of anilines is 1. The number of benzene rings is 2. The number of carbonyl (C=O) groups excluding carboxylic acids is 2. The maximum Gasteiger partial charge on any atom is 0.243 e. The molecule has 2 aromatic rings. The van der Waals surface area contributed by atoms with Gasteiger partial charge in [-0.1, -0.05) is 12.1 Å². The van der Waals surface area contributed by atoms with Crippen molar-refractivity contribution < 1.29 is 22.4 Å². The summed E-state index contributed by atoms with van der Waals surface area (Å²) in [7, 11) is -3.76. The molecular weight excluding hydrogens is 441 g/mol. The summed E-state index contributed by atoms with van der Waals surface area (Å²) in [6, 6.07) is 12.2. The Morgan fingerprint density at radius 1 is 1.06 bits per heavy atom. The largest absolute Gasteiger partial charge is 0.341 e. The van der Waals surface area contributed by atoms with E-state index in [0.29, 0.717) is 13.0 Å². The Balaban J connectivity index is 1.39. The van der Waals surface area contributed by atoms with Crippen LogP contribution < -0.4 is 5.32 Å². The lowest BCUT2D eigenvalue weighted by molar-refractivity contribution is -0.132. The van der Waals surface area contributed by atoms with Crippen LogP contribution in [-0.4, -0.2) is 60.9 Å². The van der Waals surface area contributed by atoms with Gasteiger partial charge >= 0.3 is 0 Å². The van der Waals surface area contributed by atoms with Gasteiger partial charge in [-0.2, -0.15) is 4.31 Å². The molecule has 1 atom stereocenters. The molecular formula is C21H22FN3O4S2. The molecule has 0 radical (unpaired) electrons. The van der Waals surface area contributed by atoms with Gasteiger partial charge in [0.25, 0.3) is 0 Å². The molecule has 1 N–H and O–H groups in total. The summed E-state index contributed by atoms with van der Waals surface area (Å²) >= 11 is 1.37. The molecule has 0 bridgehead atoms. The Kier molecular flexibility index (Phi) is 6.31. The highest BCUT2D eigenvalue weighted by Gasteiger charge is 2.32. The molecule has 2 aliphatic heterocycles. The molecule has 1 saturated heterocycles. The van der Waals surface area contributed by atoms with E-state index in [1.807, 2.05) is 24.3 Å². The standard InChI is InChI=1S/C21H22FN3O4S2/c22-15-6-8-16(9-7-15)31(28,29)25-11-3-10-24(12-13-25)20(26)14-19-21(27)23-17-4-1-2-5-18(17)30-19/h1-2,4-9,19H,3,10-14H2,(H,23,27)/t19-/m1/s1. The highest BCUT2D eigenvalue weighted by atomic mass is 32.2. The Morgan fingerprint density at radius 2 is 1.81 bits per heavy atom. The minimum absolute atomic E-state index is 0.0302. The van der Waals surface area contributed by atoms with Gasteiger partial charge in [0.2, 0.25) is 21.8 Å². The Hall–Kier alpha value is -2.43. The summed E-state index contributed by atoms with van der Waals surface area (Å²) in [4.78, 5) is 27.8. The number of rotatable bonds is 4. The number of fused-ring (bicyclic) bond motifs is 1. The minimum Gasteiger partial charge on any atom is -0.341 e. The van der Waals surface area contributed by atoms with Crippen molar-refractivity contribution in [3.8, 4) is 0 Å². The van der Waals surface area contributed by atoms with Crippen LogP contribution in [0.25, 0.3) is 0 Å². The van der Waals surface area contributed by atoms with Crippen LogP contribution in [0.5, 0.6) is 0 Å². The van der Waals surface area contributed by atoms with Gasteiger partial charge in [-0.25, -0.2) is 12.8 Å². The number of nitrogens with one attached hydrogen (secondary N) is 1. The van der Waals surface area contributed by atoms with E-state index in [2.05, 4.69) is 5.32 Å². The van der Waals surface area contributed by atoms with Crippen molar-refractivity contribution >= 4 is 39.3 Å². The fraction of sp³-hybridized carbons (Fsp3) is 0.333. The van der Waals surface area contributed by atoms with Gasteiger partial charge < -0.3 is 10.2 Å². The van der Waals surface area contributed by atoms with E-state index in [9.17, 15) is 22.4 Å². The first-order chi connectivity index (χ1) is 14.8. The summed E-state index contributed by atoms with van der Waals surface area (Å²) in [6.07, 6.45) is 0.536. The van der Waals surface area contributed by atoms with E-state index in [1.54, 1.807) is 4.90 Å². The van der Waals surface area contributed by atoms with Crippen molar-refractivity contribution in [3.05, 3.63) is 54.3 Å². The average Bonchev–Trinajstić information content (AvgIpc) is 3.01. The van der Waals surface area contributed by atoms with E-state index in [1.165, 1.54) is 28.2 Å². The third-order valence-electron chi connectivity index (χ3n) is 5.33. The van der Waals surface area contributed by atoms with Crippen molar-refractivity contribution in [3.63, 3.8) is 0 Å². The van der Waals surface area contributed by atoms with Crippen molar-refractivity contribution in [1.82, 2.24) is 9.21 Å². The van der Waals surface area contributed by atoms with E-state index >= 15 is 0 Å². The second-order valence-electron chi connectivity index (χ2n) is 7.39. The van der Waals surface area contributed by atoms with Gasteiger partial charge in [0.05, 0.1) is 15.8 Å². The molecule has 0 saturated carbocycles. The fourth-order valence-corrected chi connectivity index (χ4v) is 6.23. The van der Waals surface area contributed by atoms with E-state index < -0.39 is 21.1 Å². The van der Waals surface area contributed by atoms with Crippen LogP contribution >= 0.6 is 11.8 Å². The van der Waals surface area contributed by atoms with Crippen LogP contribution in [0.15, 0.2) is 58.3 Å². The van der Waals surface area contributed by atoms with Crippen LogP contribution in [0.1, 0.15) is 12.8 Å². The number of amides is 2. The van der Waals surface area contributed by atoms with Crippen LogP contribution in [0.4, 0.5) is 10.1 Å². The number of sulfonamides is 1. The molecule has 7 nitrogen and oxygen atoms in total. The molecule has 2 heterocycles. The first-order valence-corrected chi connectivity index (χ1v) is 12.3. The Labute approximate surface area is 184 Å². The van der Waals surface area contributed by atoms with Crippen LogP contribution in [0.2, 0.25) is 0 Å². The van der Waals surface area contributed by atoms with Gasteiger partial charge in [0.1, 0.15) is 5.82 Å². The SMILES string of the molecule is O=C1Nc2ccccc2S[C@@H]1CC(=O)N1CCCN(S(=O)(=O)c2ccc(F)cc2)CC1. The normalized spacial score (nSPS) is 20.0. The number of nitrogens with zero attached hydrogens (tertiary/aromatic N) is 2. The quantitative estimate of drug-likeness (QED) is 0.753. The van der Waals surface area contributed by atoms with Gasteiger partial charge in [-0.15, -0.1) is 11.8 Å². The van der Waals surface area contributed by atoms with Crippen LogP contribution in [0.3, 0.4) is 0 Å². The first-order valence-electron chi connectivity index (χ1n) is 9.94. The van der Waals surface area contributed by atoms with E-state index in [0.717, 1.165) is 22.7 Å². The summed E-state index contributed by atoms with van der Waals surface area (Å²) in [5.74, 6) is -0.876. The summed E-state index contributed by atoms with van der Waals surface area (Å²) in [6.45, 7) is 1.09. The van der Waals surface area contributed by atoms with Gasteiger partial charge in [-0.05, 0) is 42.8 Å². The zero-order valence-corrected chi connectivity index (χ0v) is 18.3. The molecule has 0 aromatic heterocycles.